The molecule has 6 nitrogen and oxygen atoms in total. The van der Waals surface area contributed by atoms with Crippen molar-refractivity contribution in [1.82, 2.24) is 20.6 Å². The first-order valence-corrected chi connectivity index (χ1v) is 9.27. The van der Waals surface area contributed by atoms with E-state index in [2.05, 4.69) is 20.6 Å². The highest BCUT2D eigenvalue weighted by atomic mass is 32.2. The van der Waals surface area contributed by atoms with Crippen LogP contribution in [0.4, 0.5) is 0 Å². The van der Waals surface area contributed by atoms with E-state index in [0.29, 0.717) is 0 Å². The molecule has 1 aliphatic rings. The molecule has 0 atom stereocenters. The van der Waals surface area contributed by atoms with Crippen LogP contribution in [0.3, 0.4) is 0 Å². The highest BCUT2D eigenvalue weighted by molar-refractivity contribution is 8.00. The molecule has 0 fully saturated rings. The van der Waals surface area contributed by atoms with E-state index in [1.807, 2.05) is 6.92 Å². The van der Waals surface area contributed by atoms with Crippen molar-refractivity contribution in [3.63, 3.8) is 0 Å². The third-order valence-corrected chi connectivity index (χ3v) is 5.87. The number of aromatic nitrogens is 2. The van der Waals surface area contributed by atoms with E-state index in [1.165, 1.54) is 28.6 Å². The van der Waals surface area contributed by atoms with E-state index in [-0.39, 0.29) is 24.1 Å². The van der Waals surface area contributed by atoms with Gasteiger partial charge in [-0.3, -0.25) is 9.59 Å². The van der Waals surface area contributed by atoms with Crippen LogP contribution < -0.4 is 10.6 Å². The first-order valence-electron chi connectivity index (χ1n) is 7.47. The van der Waals surface area contributed by atoms with Crippen molar-refractivity contribution in [2.24, 2.45) is 0 Å². The fourth-order valence-electron chi connectivity index (χ4n) is 2.62. The first-order chi connectivity index (χ1) is 11.1. The molecule has 0 aliphatic heterocycles. The van der Waals surface area contributed by atoms with Gasteiger partial charge in [-0.1, -0.05) is 11.8 Å². The summed E-state index contributed by atoms with van der Waals surface area (Å²) in [6.07, 6.45) is 3.37. The zero-order valence-corrected chi connectivity index (χ0v) is 14.7. The molecule has 0 saturated carbocycles. The molecule has 3 rings (SSSR count). The zero-order valence-electron chi connectivity index (χ0n) is 13.1. The van der Waals surface area contributed by atoms with Gasteiger partial charge in [0.05, 0.1) is 12.3 Å². The summed E-state index contributed by atoms with van der Waals surface area (Å²) in [4.78, 5) is 34.5. The number of thioether (sulfide) groups is 1. The number of carbonyl (C=O) groups is 2. The van der Waals surface area contributed by atoms with Crippen LogP contribution >= 0.6 is 23.1 Å². The topological polar surface area (TPSA) is 84.0 Å². The van der Waals surface area contributed by atoms with Crippen molar-refractivity contribution in [3.05, 3.63) is 16.3 Å². The second-order valence-corrected chi connectivity index (χ2v) is 7.40. The molecule has 0 bridgehead atoms. The molecular weight excluding hydrogens is 332 g/mol. The number of carbonyl (C=O) groups excluding carboxylic acids is 2. The quantitative estimate of drug-likeness (QED) is 0.630. The average Bonchev–Trinajstić information content (AvgIpc) is 3.10. The molecule has 2 N–H and O–H groups in total. The van der Waals surface area contributed by atoms with E-state index < -0.39 is 0 Å². The molecule has 122 valence electrons. The van der Waals surface area contributed by atoms with Crippen molar-refractivity contribution in [2.75, 3.05) is 19.3 Å². The molecule has 0 radical (unpaired) electrons. The number of aryl methyl sites for hydroxylation is 3. The third kappa shape index (κ3) is 3.48. The molecule has 2 aromatic heterocycles. The molecule has 8 heteroatoms. The largest absolute Gasteiger partial charge is 0.358 e. The van der Waals surface area contributed by atoms with Gasteiger partial charge in [0.2, 0.25) is 11.8 Å². The standard InChI is InChI=1S/C15H18N4O2S2/c1-8-18-14(22-7-12(21)17-6-11(20)16-2)13-9-4-3-5-10(9)23-15(13)19-8/h3-7H2,1-2H3,(H,16,20)(H,17,21). The number of nitrogens with zero attached hydrogens (tertiary/aromatic N) is 2. The van der Waals surface area contributed by atoms with Crippen LogP contribution in [0.25, 0.3) is 10.2 Å². The minimum Gasteiger partial charge on any atom is -0.358 e. The maximum Gasteiger partial charge on any atom is 0.239 e. The molecule has 23 heavy (non-hydrogen) atoms. The first kappa shape index (κ1) is 16.2. The SMILES string of the molecule is CNC(=O)CNC(=O)CSc1nc(C)nc2sc3c(c12)CCC3. The van der Waals surface area contributed by atoms with E-state index in [1.54, 1.807) is 18.4 Å². The number of thiophene rings is 1. The second-order valence-electron chi connectivity index (χ2n) is 5.35. The van der Waals surface area contributed by atoms with E-state index in [0.717, 1.165) is 33.9 Å². The van der Waals surface area contributed by atoms with Gasteiger partial charge in [-0.05, 0) is 31.7 Å². The van der Waals surface area contributed by atoms with Crippen molar-refractivity contribution in [2.45, 2.75) is 31.2 Å². The number of likely N-dealkylation sites (N-methyl/N-ethyl adjacent to an activating group) is 1. The number of amides is 2. The molecule has 2 amide bonds. The average molecular weight is 350 g/mol. The molecular formula is C15H18N4O2S2. The second kappa shape index (κ2) is 6.84. The lowest BCUT2D eigenvalue weighted by atomic mass is 10.2. The van der Waals surface area contributed by atoms with Gasteiger partial charge >= 0.3 is 0 Å². The summed E-state index contributed by atoms with van der Waals surface area (Å²) in [6, 6.07) is 0. The van der Waals surface area contributed by atoms with Crippen molar-refractivity contribution in [3.8, 4) is 0 Å². The number of fused-ring (bicyclic) bond motifs is 3. The number of rotatable bonds is 5. The summed E-state index contributed by atoms with van der Waals surface area (Å²) in [6.45, 7) is 1.88. The van der Waals surface area contributed by atoms with Gasteiger partial charge in [0.1, 0.15) is 15.7 Å². The van der Waals surface area contributed by atoms with Crippen molar-refractivity contribution in [1.29, 1.82) is 0 Å². The molecule has 0 saturated heterocycles. The fourth-order valence-corrected chi connectivity index (χ4v) is 4.92. The lowest BCUT2D eigenvalue weighted by molar-refractivity contribution is -0.124. The van der Waals surface area contributed by atoms with Crippen LogP contribution in [0.2, 0.25) is 0 Å². The van der Waals surface area contributed by atoms with Gasteiger partial charge in [-0.15, -0.1) is 11.3 Å². The van der Waals surface area contributed by atoms with Crippen LogP contribution in [0.1, 0.15) is 22.7 Å². The van der Waals surface area contributed by atoms with Gasteiger partial charge in [-0.25, -0.2) is 9.97 Å². The van der Waals surface area contributed by atoms with Crippen LogP contribution in [0.15, 0.2) is 5.03 Å². The lowest BCUT2D eigenvalue weighted by Gasteiger charge is -2.06. The maximum atomic E-state index is 11.9. The number of nitrogens with one attached hydrogen (secondary N) is 2. The zero-order chi connectivity index (χ0) is 16.4. The number of hydrogen-bond acceptors (Lipinski definition) is 6. The van der Waals surface area contributed by atoms with Crippen LogP contribution in [0, 0.1) is 6.92 Å². The maximum absolute atomic E-state index is 11.9. The Morgan fingerprint density at radius 1 is 1.26 bits per heavy atom. The highest BCUT2D eigenvalue weighted by Crippen LogP contribution is 2.40. The summed E-state index contributed by atoms with van der Waals surface area (Å²) in [7, 11) is 1.54. The van der Waals surface area contributed by atoms with E-state index in [9.17, 15) is 9.59 Å². The monoisotopic (exact) mass is 350 g/mol. The van der Waals surface area contributed by atoms with Crippen LogP contribution in [-0.4, -0.2) is 41.1 Å². The Bertz CT molecular complexity index is 772. The smallest absolute Gasteiger partial charge is 0.239 e. The summed E-state index contributed by atoms with van der Waals surface area (Å²) in [5.41, 5.74) is 1.36. The van der Waals surface area contributed by atoms with Gasteiger partial charge in [-0.2, -0.15) is 0 Å². The Balaban J connectivity index is 1.75. The van der Waals surface area contributed by atoms with Gasteiger partial charge in [0, 0.05) is 17.3 Å². The molecule has 0 spiro atoms. The van der Waals surface area contributed by atoms with Gasteiger partial charge in [0.25, 0.3) is 0 Å². The Kier molecular flexibility index (Phi) is 4.82. The Morgan fingerprint density at radius 2 is 2.09 bits per heavy atom. The predicted molar refractivity (Wildman–Crippen MR) is 92.0 cm³/mol. The van der Waals surface area contributed by atoms with Gasteiger partial charge < -0.3 is 10.6 Å². The van der Waals surface area contributed by atoms with Gasteiger partial charge in [0.15, 0.2) is 0 Å². The number of hydrogen-bond donors (Lipinski definition) is 2. The van der Waals surface area contributed by atoms with E-state index in [4.69, 9.17) is 0 Å². The third-order valence-electron chi connectivity index (χ3n) is 3.71. The lowest BCUT2D eigenvalue weighted by Crippen LogP contribution is -2.36. The van der Waals surface area contributed by atoms with Crippen molar-refractivity contribution >= 4 is 45.1 Å². The Labute approximate surface area is 142 Å². The highest BCUT2D eigenvalue weighted by Gasteiger charge is 2.22. The summed E-state index contributed by atoms with van der Waals surface area (Å²) >= 11 is 3.16. The minimum absolute atomic E-state index is 0.00194. The summed E-state index contributed by atoms with van der Waals surface area (Å²) in [5, 5.41) is 7.07. The Morgan fingerprint density at radius 3 is 2.87 bits per heavy atom. The molecule has 0 aromatic carbocycles. The van der Waals surface area contributed by atoms with E-state index >= 15 is 0 Å². The van der Waals surface area contributed by atoms with Crippen molar-refractivity contribution < 1.29 is 9.59 Å². The molecule has 2 heterocycles. The summed E-state index contributed by atoms with van der Waals surface area (Å²) in [5.74, 6) is 0.590. The predicted octanol–water partition coefficient (Wildman–Crippen LogP) is 1.44. The molecule has 1 aliphatic carbocycles. The van der Waals surface area contributed by atoms with Crippen LogP contribution in [0.5, 0.6) is 0 Å². The van der Waals surface area contributed by atoms with Crippen LogP contribution in [-0.2, 0) is 22.4 Å². The molecule has 0 unspecified atom stereocenters. The Hall–Kier alpha value is -1.67. The minimum atomic E-state index is -0.209. The summed E-state index contributed by atoms with van der Waals surface area (Å²) < 4.78 is 0. The normalized spacial score (nSPS) is 13.1. The fraction of sp³-hybridized carbons (Fsp3) is 0.467. The molecule has 2 aromatic rings.